The molecule has 9 nitrogen and oxygen atoms in total. The fourth-order valence-corrected chi connectivity index (χ4v) is 4.38. The molecule has 4 N–H and O–H groups in total. The second-order valence-corrected chi connectivity index (χ2v) is 9.12. The van der Waals surface area contributed by atoms with Crippen LogP contribution in [0.5, 0.6) is 11.5 Å². The van der Waals surface area contributed by atoms with E-state index in [-0.39, 0.29) is 29.7 Å². The Bertz CT molecular complexity index is 1530. The molecule has 4 rings (SSSR count). The van der Waals surface area contributed by atoms with Gasteiger partial charge in [0.05, 0.1) is 20.3 Å². The Kier molecular flexibility index (Phi) is 8.63. The Morgan fingerprint density at radius 3 is 2.33 bits per heavy atom. The lowest BCUT2D eigenvalue weighted by Crippen LogP contribution is -2.52. The van der Waals surface area contributed by atoms with E-state index in [9.17, 15) is 19.5 Å². The van der Waals surface area contributed by atoms with Gasteiger partial charge in [-0.1, -0.05) is 48.5 Å². The molecule has 0 radical (unpaired) electrons. The molecule has 1 heterocycles. The molecule has 1 aromatic heterocycles. The maximum absolute atomic E-state index is 13.3. The second kappa shape index (κ2) is 12.3. The number of rotatable bonds is 10. The van der Waals surface area contributed by atoms with Crippen molar-refractivity contribution in [3.8, 4) is 11.5 Å². The summed E-state index contributed by atoms with van der Waals surface area (Å²) >= 11 is 0. The number of hydrogen-bond donors (Lipinski definition) is 4. The van der Waals surface area contributed by atoms with Gasteiger partial charge in [-0.25, -0.2) is 0 Å². The molecule has 4 aromatic rings. The number of carbonyl (C=O) groups excluding carboxylic acids is 2. The highest BCUT2D eigenvalue weighted by Crippen LogP contribution is 2.27. The van der Waals surface area contributed by atoms with Crippen molar-refractivity contribution in [2.75, 3.05) is 14.2 Å². The van der Waals surface area contributed by atoms with E-state index in [1.165, 1.54) is 14.2 Å². The molecule has 2 amide bonds. The Labute approximate surface area is 225 Å². The first-order chi connectivity index (χ1) is 18.8. The number of pyridine rings is 1. The van der Waals surface area contributed by atoms with Crippen molar-refractivity contribution in [2.45, 2.75) is 32.0 Å². The predicted molar refractivity (Wildman–Crippen MR) is 148 cm³/mol. The smallest absolute Gasteiger partial charge is 0.268 e. The van der Waals surface area contributed by atoms with Crippen LogP contribution in [-0.2, 0) is 17.8 Å². The fraction of sp³-hybridized carbons (Fsp3) is 0.233. The van der Waals surface area contributed by atoms with Gasteiger partial charge in [-0.15, -0.1) is 0 Å². The van der Waals surface area contributed by atoms with Crippen LogP contribution < -0.4 is 25.5 Å². The summed E-state index contributed by atoms with van der Waals surface area (Å²) in [5, 5.41) is 17.0. The molecule has 0 spiro atoms. The number of methoxy groups -OCH3 is 2. The summed E-state index contributed by atoms with van der Waals surface area (Å²) in [5.41, 5.74) is 2.14. The Morgan fingerprint density at radius 2 is 1.62 bits per heavy atom. The van der Waals surface area contributed by atoms with Gasteiger partial charge in [0.1, 0.15) is 5.69 Å². The largest absolute Gasteiger partial charge is 0.493 e. The third-order valence-electron chi connectivity index (χ3n) is 6.55. The Balaban J connectivity index is 1.55. The first-order valence-electron chi connectivity index (χ1n) is 12.5. The quantitative estimate of drug-likeness (QED) is 0.250. The van der Waals surface area contributed by atoms with E-state index < -0.39 is 24.0 Å². The van der Waals surface area contributed by atoms with Crippen LogP contribution in [0.15, 0.2) is 77.6 Å². The van der Waals surface area contributed by atoms with Crippen LogP contribution in [0, 0.1) is 6.92 Å². The van der Waals surface area contributed by atoms with Crippen molar-refractivity contribution >= 4 is 22.7 Å². The minimum absolute atomic E-state index is 0.0784. The normalized spacial score (nSPS) is 12.4. The monoisotopic (exact) mass is 529 g/mol. The van der Waals surface area contributed by atoms with Crippen molar-refractivity contribution in [1.29, 1.82) is 0 Å². The van der Waals surface area contributed by atoms with Crippen LogP contribution in [0.2, 0.25) is 0 Å². The van der Waals surface area contributed by atoms with Crippen LogP contribution in [0.3, 0.4) is 0 Å². The lowest BCUT2D eigenvalue weighted by atomic mass is 9.99. The number of amides is 2. The van der Waals surface area contributed by atoms with Gasteiger partial charge < -0.3 is 30.2 Å². The summed E-state index contributed by atoms with van der Waals surface area (Å²) in [6.07, 6.45) is -1.38. The number of aliphatic hydroxyl groups is 1. The molecule has 0 aliphatic carbocycles. The highest BCUT2D eigenvalue weighted by molar-refractivity contribution is 5.97. The first kappa shape index (κ1) is 27.4. The number of fused-ring (bicyclic) bond motifs is 1. The molecule has 0 bridgehead atoms. The fourth-order valence-electron chi connectivity index (χ4n) is 4.38. The van der Waals surface area contributed by atoms with Gasteiger partial charge in [0, 0.05) is 23.0 Å². The minimum Gasteiger partial charge on any atom is -0.493 e. The average Bonchev–Trinajstić information content (AvgIpc) is 2.97. The lowest BCUT2D eigenvalue weighted by Gasteiger charge is -2.24. The van der Waals surface area contributed by atoms with Gasteiger partial charge >= 0.3 is 0 Å². The predicted octanol–water partition coefficient (Wildman–Crippen LogP) is 2.87. The molecule has 9 heteroatoms. The van der Waals surface area contributed by atoms with Crippen molar-refractivity contribution in [3.63, 3.8) is 0 Å². The third kappa shape index (κ3) is 6.27. The number of benzene rings is 3. The molecular formula is C30H31N3O6. The Morgan fingerprint density at radius 1 is 0.923 bits per heavy atom. The number of aliphatic hydroxyl groups excluding tert-OH is 1. The number of carbonyl (C=O) groups is 2. The van der Waals surface area contributed by atoms with Crippen molar-refractivity contribution in [2.24, 2.45) is 0 Å². The van der Waals surface area contributed by atoms with Gasteiger partial charge in [-0.05, 0) is 48.7 Å². The number of para-hydroxylation sites is 1. The van der Waals surface area contributed by atoms with Crippen molar-refractivity contribution in [3.05, 3.63) is 105 Å². The zero-order valence-corrected chi connectivity index (χ0v) is 22.0. The minimum atomic E-state index is -1.57. The summed E-state index contributed by atoms with van der Waals surface area (Å²) in [4.78, 5) is 42.2. The van der Waals surface area contributed by atoms with Crippen LogP contribution in [0.1, 0.15) is 27.2 Å². The molecule has 0 saturated carbocycles. The van der Waals surface area contributed by atoms with E-state index in [2.05, 4.69) is 15.6 Å². The highest BCUT2D eigenvalue weighted by Gasteiger charge is 2.29. The number of aromatic amines is 1. The topological polar surface area (TPSA) is 130 Å². The number of aromatic nitrogens is 1. The number of hydrogen-bond acceptors (Lipinski definition) is 6. The second-order valence-electron chi connectivity index (χ2n) is 9.12. The van der Waals surface area contributed by atoms with Crippen molar-refractivity contribution in [1.82, 2.24) is 15.6 Å². The molecule has 202 valence electrons. The molecule has 39 heavy (non-hydrogen) atoms. The number of ether oxygens (including phenoxy) is 2. The molecule has 0 aliphatic rings. The van der Waals surface area contributed by atoms with Crippen molar-refractivity contribution < 1.29 is 24.2 Å². The SMILES string of the molecule is COc1ccc(CNC(=O)C(O)C(Cc2ccccc2)NC(=O)c2[nH]c3ccccc3c(=O)c2C)cc1OC. The van der Waals surface area contributed by atoms with E-state index in [0.29, 0.717) is 22.4 Å². The maximum atomic E-state index is 13.3. The van der Waals surface area contributed by atoms with Gasteiger partial charge in [-0.2, -0.15) is 0 Å². The summed E-state index contributed by atoms with van der Waals surface area (Å²) in [6, 6.07) is 20.4. The summed E-state index contributed by atoms with van der Waals surface area (Å²) in [5.74, 6) is -0.184. The van der Waals surface area contributed by atoms with E-state index >= 15 is 0 Å². The van der Waals surface area contributed by atoms with Crippen LogP contribution in [0.4, 0.5) is 0 Å². The van der Waals surface area contributed by atoms with Gasteiger partial charge in [0.15, 0.2) is 23.0 Å². The molecule has 2 atom stereocenters. The van der Waals surface area contributed by atoms with Gasteiger partial charge in [0.2, 0.25) is 0 Å². The van der Waals surface area contributed by atoms with E-state index in [4.69, 9.17) is 9.47 Å². The number of H-pyrrole nitrogens is 1. The summed E-state index contributed by atoms with van der Waals surface area (Å²) in [7, 11) is 3.05. The molecule has 0 aliphatic heterocycles. The molecule has 0 fully saturated rings. The average molecular weight is 530 g/mol. The molecular weight excluding hydrogens is 498 g/mol. The zero-order valence-electron chi connectivity index (χ0n) is 22.0. The van der Waals surface area contributed by atoms with Gasteiger partial charge in [0.25, 0.3) is 11.8 Å². The first-order valence-corrected chi connectivity index (χ1v) is 12.5. The summed E-state index contributed by atoms with van der Waals surface area (Å²) in [6.45, 7) is 1.69. The third-order valence-corrected chi connectivity index (χ3v) is 6.55. The Hall–Kier alpha value is -4.63. The zero-order chi connectivity index (χ0) is 27.9. The van der Waals surface area contributed by atoms with E-state index in [1.54, 1.807) is 49.4 Å². The summed E-state index contributed by atoms with van der Waals surface area (Å²) < 4.78 is 10.5. The van der Waals surface area contributed by atoms with E-state index in [1.807, 2.05) is 30.3 Å². The highest BCUT2D eigenvalue weighted by atomic mass is 16.5. The van der Waals surface area contributed by atoms with E-state index in [0.717, 1.165) is 11.1 Å². The molecule has 2 unspecified atom stereocenters. The van der Waals surface area contributed by atoms with Crippen LogP contribution in [0.25, 0.3) is 10.9 Å². The number of nitrogens with one attached hydrogen (secondary N) is 3. The van der Waals surface area contributed by atoms with Crippen LogP contribution in [-0.4, -0.2) is 48.3 Å². The molecule has 0 saturated heterocycles. The van der Waals surface area contributed by atoms with Crippen LogP contribution >= 0.6 is 0 Å². The standard InChI is InChI=1S/C30H31N3O6/c1-18-26(32-22-12-8-7-11-21(22)27(18)34)29(36)33-23(15-19-9-5-4-6-10-19)28(35)30(37)31-17-20-13-14-24(38-2)25(16-20)39-3/h4-14,16,23,28,35H,15,17H2,1-3H3,(H,31,37)(H,32,34)(H,33,36). The lowest BCUT2D eigenvalue weighted by molar-refractivity contribution is -0.130. The molecule has 3 aromatic carbocycles. The van der Waals surface area contributed by atoms with Gasteiger partial charge in [-0.3, -0.25) is 14.4 Å². The maximum Gasteiger partial charge on any atom is 0.268 e.